The molecular formula is C10H14FN3O2S. The second-order valence-electron chi connectivity index (χ2n) is 4.01. The Morgan fingerprint density at radius 1 is 1.59 bits per heavy atom. The molecule has 2 rings (SSSR count). The van der Waals surface area contributed by atoms with Crippen molar-refractivity contribution in [3.05, 3.63) is 24.1 Å². The van der Waals surface area contributed by atoms with Gasteiger partial charge in [0.05, 0.1) is 0 Å². The summed E-state index contributed by atoms with van der Waals surface area (Å²) in [6.45, 7) is 3.12. The Bertz CT molecular complexity index is 506. The van der Waals surface area contributed by atoms with Gasteiger partial charge in [-0.15, -0.1) is 0 Å². The number of aromatic nitrogens is 1. The minimum absolute atomic E-state index is 0.0605. The van der Waals surface area contributed by atoms with E-state index in [9.17, 15) is 12.8 Å². The van der Waals surface area contributed by atoms with Crippen LogP contribution in [0.3, 0.4) is 0 Å². The van der Waals surface area contributed by atoms with Crippen LogP contribution in [0.1, 0.15) is 6.92 Å². The zero-order valence-corrected chi connectivity index (χ0v) is 10.2. The van der Waals surface area contributed by atoms with Gasteiger partial charge in [0.2, 0.25) is 5.03 Å². The van der Waals surface area contributed by atoms with Crippen molar-refractivity contribution >= 4 is 10.0 Å². The van der Waals surface area contributed by atoms with Crippen molar-refractivity contribution in [2.24, 2.45) is 0 Å². The van der Waals surface area contributed by atoms with Gasteiger partial charge in [-0.3, -0.25) is 0 Å². The summed E-state index contributed by atoms with van der Waals surface area (Å²) in [5, 5.41) is 2.64. The van der Waals surface area contributed by atoms with Gasteiger partial charge in [0.1, 0.15) is 0 Å². The van der Waals surface area contributed by atoms with Gasteiger partial charge in [0.15, 0.2) is 5.82 Å². The van der Waals surface area contributed by atoms with Crippen LogP contribution in [0.5, 0.6) is 0 Å². The first-order valence-electron chi connectivity index (χ1n) is 5.36. The third kappa shape index (κ3) is 2.46. The lowest BCUT2D eigenvalue weighted by Gasteiger charge is -2.30. The number of hydrogen-bond acceptors (Lipinski definition) is 4. The molecule has 0 aromatic carbocycles. The van der Waals surface area contributed by atoms with Crippen molar-refractivity contribution in [1.29, 1.82) is 0 Å². The first kappa shape index (κ1) is 12.4. The van der Waals surface area contributed by atoms with E-state index in [0.29, 0.717) is 19.6 Å². The summed E-state index contributed by atoms with van der Waals surface area (Å²) in [4.78, 5) is 3.63. The molecule has 0 bridgehead atoms. The minimum atomic E-state index is -3.82. The Morgan fingerprint density at radius 2 is 2.35 bits per heavy atom. The predicted molar refractivity (Wildman–Crippen MR) is 60.4 cm³/mol. The fraction of sp³-hybridized carbons (Fsp3) is 0.500. The van der Waals surface area contributed by atoms with Crippen molar-refractivity contribution in [3.63, 3.8) is 0 Å². The SMILES string of the molecule is C[C@@H]1CN(S(=O)(=O)c2ncccc2F)CCN1. The van der Waals surface area contributed by atoms with E-state index in [4.69, 9.17) is 0 Å². The van der Waals surface area contributed by atoms with Crippen molar-refractivity contribution < 1.29 is 12.8 Å². The molecule has 1 N–H and O–H groups in total. The molecule has 0 amide bonds. The van der Waals surface area contributed by atoms with Gasteiger partial charge in [-0.2, -0.15) is 4.31 Å². The maximum absolute atomic E-state index is 13.5. The Balaban J connectivity index is 2.33. The van der Waals surface area contributed by atoms with Crippen LogP contribution in [-0.4, -0.2) is 43.4 Å². The van der Waals surface area contributed by atoms with Gasteiger partial charge in [0, 0.05) is 31.9 Å². The zero-order valence-electron chi connectivity index (χ0n) is 9.43. The Morgan fingerprint density at radius 3 is 3.00 bits per heavy atom. The third-order valence-electron chi connectivity index (χ3n) is 2.64. The molecule has 94 valence electrons. The maximum atomic E-state index is 13.5. The van der Waals surface area contributed by atoms with Crippen LogP contribution >= 0.6 is 0 Å². The molecule has 1 aliphatic heterocycles. The first-order valence-corrected chi connectivity index (χ1v) is 6.80. The van der Waals surface area contributed by atoms with Crippen LogP contribution in [0, 0.1) is 5.82 Å². The highest BCUT2D eigenvalue weighted by molar-refractivity contribution is 7.89. The number of nitrogens with zero attached hydrogens (tertiary/aromatic N) is 2. The number of piperazine rings is 1. The van der Waals surface area contributed by atoms with E-state index >= 15 is 0 Å². The third-order valence-corrected chi connectivity index (χ3v) is 4.44. The average Bonchev–Trinajstić information content (AvgIpc) is 2.29. The quantitative estimate of drug-likeness (QED) is 0.824. The molecule has 0 saturated carbocycles. The van der Waals surface area contributed by atoms with Crippen LogP contribution in [0.25, 0.3) is 0 Å². The number of pyridine rings is 1. The standard InChI is InChI=1S/C10H14FN3O2S/c1-8-7-14(6-5-12-8)17(15,16)10-9(11)3-2-4-13-10/h2-4,8,12H,5-7H2,1H3/t8-/m1/s1. The molecule has 1 aromatic rings. The second-order valence-corrected chi connectivity index (χ2v) is 5.86. The number of hydrogen-bond donors (Lipinski definition) is 1. The average molecular weight is 259 g/mol. The number of nitrogens with one attached hydrogen (secondary N) is 1. The van der Waals surface area contributed by atoms with E-state index in [2.05, 4.69) is 10.3 Å². The van der Waals surface area contributed by atoms with E-state index in [1.54, 1.807) is 0 Å². The molecule has 0 radical (unpaired) electrons. The molecule has 1 saturated heterocycles. The molecule has 17 heavy (non-hydrogen) atoms. The van der Waals surface area contributed by atoms with Gasteiger partial charge in [-0.25, -0.2) is 17.8 Å². The van der Waals surface area contributed by atoms with Crippen molar-refractivity contribution in [2.75, 3.05) is 19.6 Å². The van der Waals surface area contributed by atoms with Gasteiger partial charge >= 0.3 is 0 Å². The fourth-order valence-corrected chi connectivity index (χ4v) is 3.30. The van der Waals surface area contributed by atoms with Gasteiger partial charge in [0.25, 0.3) is 10.0 Å². The largest absolute Gasteiger partial charge is 0.312 e. The minimum Gasteiger partial charge on any atom is -0.312 e. The zero-order chi connectivity index (χ0) is 12.5. The van der Waals surface area contributed by atoms with Crippen LogP contribution in [0.15, 0.2) is 23.4 Å². The topological polar surface area (TPSA) is 62.3 Å². The highest BCUT2D eigenvalue weighted by Crippen LogP contribution is 2.17. The lowest BCUT2D eigenvalue weighted by Crippen LogP contribution is -2.51. The molecule has 5 nitrogen and oxygen atoms in total. The lowest BCUT2D eigenvalue weighted by atomic mass is 10.3. The number of sulfonamides is 1. The van der Waals surface area contributed by atoms with Gasteiger partial charge < -0.3 is 5.32 Å². The van der Waals surface area contributed by atoms with Crippen molar-refractivity contribution in [3.8, 4) is 0 Å². The van der Waals surface area contributed by atoms with Gasteiger partial charge in [-0.05, 0) is 19.1 Å². The fourth-order valence-electron chi connectivity index (χ4n) is 1.80. The first-order chi connectivity index (χ1) is 8.01. The van der Waals surface area contributed by atoms with Crippen LogP contribution in [0.2, 0.25) is 0 Å². The predicted octanol–water partition coefficient (Wildman–Crippen LogP) is 0.203. The summed E-state index contributed by atoms with van der Waals surface area (Å²) < 4.78 is 39.0. The molecule has 1 atom stereocenters. The van der Waals surface area contributed by atoms with E-state index in [-0.39, 0.29) is 6.04 Å². The summed E-state index contributed by atoms with van der Waals surface area (Å²) in [7, 11) is -3.82. The second kappa shape index (κ2) is 4.67. The summed E-state index contributed by atoms with van der Waals surface area (Å²) in [6, 6.07) is 2.53. The summed E-state index contributed by atoms with van der Waals surface area (Å²) >= 11 is 0. The number of rotatable bonds is 2. The summed E-state index contributed by atoms with van der Waals surface area (Å²) in [5.74, 6) is -0.807. The van der Waals surface area contributed by atoms with E-state index in [0.717, 1.165) is 6.07 Å². The molecule has 0 unspecified atom stereocenters. The molecule has 2 heterocycles. The van der Waals surface area contributed by atoms with Crippen molar-refractivity contribution in [2.45, 2.75) is 18.0 Å². The van der Waals surface area contributed by atoms with E-state index in [1.807, 2.05) is 6.92 Å². The Hall–Kier alpha value is -1.05. The van der Waals surface area contributed by atoms with Crippen molar-refractivity contribution in [1.82, 2.24) is 14.6 Å². The Labute approximate surface area is 99.7 Å². The Kier molecular flexibility index (Phi) is 3.41. The summed E-state index contributed by atoms with van der Waals surface area (Å²) in [6.07, 6.45) is 1.28. The molecule has 1 fully saturated rings. The monoisotopic (exact) mass is 259 g/mol. The molecule has 1 aliphatic rings. The van der Waals surface area contributed by atoms with Crippen LogP contribution in [0.4, 0.5) is 4.39 Å². The highest BCUT2D eigenvalue weighted by Gasteiger charge is 2.31. The van der Waals surface area contributed by atoms with Crippen LogP contribution < -0.4 is 5.32 Å². The maximum Gasteiger partial charge on any atom is 0.263 e. The molecular weight excluding hydrogens is 245 g/mol. The molecule has 0 spiro atoms. The van der Waals surface area contributed by atoms with Crippen LogP contribution in [-0.2, 0) is 10.0 Å². The van der Waals surface area contributed by atoms with E-state index in [1.165, 1.54) is 16.6 Å². The molecule has 7 heteroatoms. The normalized spacial score (nSPS) is 22.6. The summed E-state index contributed by atoms with van der Waals surface area (Å²) in [5.41, 5.74) is 0. The molecule has 0 aliphatic carbocycles. The smallest absolute Gasteiger partial charge is 0.263 e. The van der Waals surface area contributed by atoms with E-state index < -0.39 is 20.9 Å². The van der Waals surface area contributed by atoms with Gasteiger partial charge in [-0.1, -0.05) is 0 Å². The number of halogens is 1. The lowest BCUT2D eigenvalue weighted by molar-refractivity contribution is 0.308. The molecule has 1 aromatic heterocycles. The highest BCUT2D eigenvalue weighted by atomic mass is 32.2.